The molecule has 1 saturated heterocycles. The molecule has 0 saturated carbocycles. The van der Waals surface area contributed by atoms with Gasteiger partial charge in [0.15, 0.2) is 11.7 Å². The van der Waals surface area contributed by atoms with Crippen molar-refractivity contribution in [2.45, 2.75) is 46.1 Å². The molecule has 0 radical (unpaired) electrons. The summed E-state index contributed by atoms with van der Waals surface area (Å²) in [6.45, 7) is 9.63. The minimum absolute atomic E-state index is 0.608. The fourth-order valence-corrected chi connectivity index (χ4v) is 2.79. The predicted molar refractivity (Wildman–Crippen MR) is 93.5 cm³/mol. The maximum Gasteiger partial charge on any atom is 0.191 e. The first-order valence-corrected chi connectivity index (χ1v) is 8.82. The summed E-state index contributed by atoms with van der Waals surface area (Å²) < 4.78 is 5.26. The second-order valence-corrected chi connectivity index (χ2v) is 6.37. The molecule has 0 bridgehead atoms. The summed E-state index contributed by atoms with van der Waals surface area (Å²) in [4.78, 5) is 6.81. The van der Waals surface area contributed by atoms with Crippen LogP contribution in [0, 0.1) is 5.92 Å². The van der Waals surface area contributed by atoms with Gasteiger partial charge in [0.1, 0.15) is 0 Å². The second-order valence-electron chi connectivity index (χ2n) is 6.37. The van der Waals surface area contributed by atoms with Crippen LogP contribution >= 0.6 is 0 Å². The molecule has 2 N–H and O–H groups in total. The highest BCUT2D eigenvalue weighted by Gasteiger charge is 2.14. The molecule has 130 valence electrons. The number of aromatic nitrogens is 1. The van der Waals surface area contributed by atoms with Gasteiger partial charge in [-0.25, -0.2) is 0 Å². The lowest BCUT2D eigenvalue weighted by atomic mass is 9.99. The summed E-state index contributed by atoms with van der Waals surface area (Å²) >= 11 is 0. The van der Waals surface area contributed by atoms with E-state index >= 15 is 0 Å². The first kappa shape index (κ1) is 17.8. The molecule has 0 aliphatic carbocycles. The summed E-state index contributed by atoms with van der Waals surface area (Å²) in [5.41, 5.74) is 0.987. The molecule has 1 aliphatic rings. The van der Waals surface area contributed by atoms with E-state index in [1.165, 1.54) is 32.5 Å². The highest BCUT2D eigenvalue weighted by atomic mass is 16.5. The van der Waals surface area contributed by atoms with Crippen LogP contribution in [0.25, 0.3) is 0 Å². The largest absolute Gasteiger partial charge is 0.359 e. The number of rotatable bonds is 7. The highest BCUT2D eigenvalue weighted by molar-refractivity contribution is 5.79. The molecule has 0 spiro atoms. The van der Waals surface area contributed by atoms with Crippen LogP contribution in [0.2, 0.25) is 0 Å². The van der Waals surface area contributed by atoms with Gasteiger partial charge in [0.05, 0.1) is 12.2 Å². The fourth-order valence-electron chi connectivity index (χ4n) is 2.79. The summed E-state index contributed by atoms with van der Waals surface area (Å²) in [6, 6.07) is 1.98. The Balaban J connectivity index is 1.59. The number of nitrogens with zero attached hydrogens (tertiary/aromatic N) is 3. The zero-order chi connectivity index (χ0) is 16.5. The average molecular weight is 321 g/mol. The lowest BCUT2D eigenvalue weighted by Crippen LogP contribution is -2.39. The Morgan fingerprint density at radius 1 is 1.39 bits per heavy atom. The van der Waals surface area contributed by atoms with Crippen molar-refractivity contribution in [1.82, 2.24) is 20.7 Å². The third kappa shape index (κ3) is 6.22. The first-order chi connectivity index (χ1) is 11.2. The smallest absolute Gasteiger partial charge is 0.191 e. The minimum atomic E-state index is 0.608. The molecule has 1 aliphatic heterocycles. The number of nitrogens with one attached hydrogen (secondary N) is 2. The molecule has 1 aromatic rings. The normalized spacial score (nSPS) is 17.4. The van der Waals surface area contributed by atoms with Crippen LogP contribution in [0.3, 0.4) is 0 Å². The number of guanidine groups is 1. The Hall–Kier alpha value is -1.56. The summed E-state index contributed by atoms with van der Waals surface area (Å²) in [7, 11) is 1.79. The first-order valence-electron chi connectivity index (χ1n) is 8.82. The van der Waals surface area contributed by atoms with Gasteiger partial charge < -0.3 is 20.1 Å². The molecule has 0 atom stereocenters. The van der Waals surface area contributed by atoms with Crippen molar-refractivity contribution in [2.75, 3.05) is 33.2 Å². The van der Waals surface area contributed by atoms with Crippen molar-refractivity contribution in [2.24, 2.45) is 10.9 Å². The number of aliphatic imine (C=N–C) groups is 1. The fraction of sp³-hybridized carbons (Fsp3) is 0.765. The lowest BCUT2D eigenvalue weighted by Gasteiger charge is -2.30. The number of hydrogen-bond acceptors (Lipinski definition) is 4. The standard InChI is InChI=1S/C17H31N5O/c1-4-15-12-16(23-21-15)13-20-17(18-3)19-8-5-9-22-10-6-14(2)7-11-22/h12,14H,4-11,13H2,1-3H3,(H2,18,19,20). The van der Waals surface area contributed by atoms with Crippen LogP contribution in [0.1, 0.15) is 44.6 Å². The Bertz CT molecular complexity index is 477. The van der Waals surface area contributed by atoms with Crippen molar-refractivity contribution in [1.29, 1.82) is 0 Å². The number of hydrogen-bond donors (Lipinski definition) is 2. The maximum absolute atomic E-state index is 5.26. The van der Waals surface area contributed by atoms with E-state index in [0.29, 0.717) is 6.54 Å². The molecule has 2 heterocycles. The molecule has 0 unspecified atom stereocenters. The minimum Gasteiger partial charge on any atom is -0.359 e. The molecule has 0 aromatic carbocycles. The second kappa shape index (κ2) is 9.55. The van der Waals surface area contributed by atoms with E-state index in [1.54, 1.807) is 7.05 Å². The van der Waals surface area contributed by atoms with Crippen LogP contribution in [-0.2, 0) is 13.0 Å². The molecule has 6 nitrogen and oxygen atoms in total. The summed E-state index contributed by atoms with van der Waals surface area (Å²) in [5, 5.41) is 10.6. The molecule has 23 heavy (non-hydrogen) atoms. The topological polar surface area (TPSA) is 65.7 Å². The van der Waals surface area contributed by atoms with Gasteiger partial charge in [-0.1, -0.05) is 19.0 Å². The van der Waals surface area contributed by atoms with E-state index in [-0.39, 0.29) is 0 Å². The van der Waals surface area contributed by atoms with Crippen LogP contribution in [0.4, 0.5) is 0 Å². The molecule has 2 rings (SSSR count). The number of aryl methyl sites for hydroxylation is 1. The lowest BCUT2D eigenvalue weighted by molar-refractivity contribution is 0.191. The van der Waals surface area contributed by atoms with E-state index in [2.05, 4.69) is 39.5 Å². The van der Waals surface area contributed by atoms with Gasteiger partial charge in [0.2, 0.25) is 0 Å². The summed E-state index contributed by atoms with van der Waals surface area (Å²) in [5.74, 6) is 2.55. The van der Waals surface area contributed by atoms with Crippen LogP contribution in [0.5, 0.6) is 0 Å². The van der Waals surface area contributed by atoms with E-state index in [4.69, 9.17) is 4.52 Å². The molecule has 6 heteroatoms. The van der Waals surface area contributed by atoms with E-state index in [9.17, 15) is 0 Å². The summed E-state index contributed by atoms with van der Waals surface area (Å²) in [6.07, 6.45) is 4.71. The average Bonchev–Trinajstić information content (AvgIpc) is 3.04. The van der Waals surface area contributed by atoms with Crippen molar-refractivity contribution in [3.05, 3.63) is 17.5 Å². The van der Waals surface area contributed by atoms with Crippen molar-refractivity contribution >= 4 is 5.96 Å². The third-order valence-corrected chi connectivity index (χ3v) is 4.44. The Kier molecular flexibility index (Phi) is 7.39. The Morgan fingerprint density at radius 3 is 2.83 bits per heavy atom. The van der Waals surface area contributed by atoms with E-state index < -0.39 is 0 Å². The third-order valence-electron chi connectivity index (χ3n) is 4.44. The van der Waals surface area contributed by atoms with Crippen molar-refractivity contribution < 1.29 is 4.52 Å². The predicted octanol–water partition coefficient (Wildman–Crippen LogP) is 2.02. The molecule has 1 fully saturated rings. The quantitative estimate of drug-likeness (QED) is 0.457. The van der Waals surface area contributed by atoms with E-state index in [0.717, 1.165) is 42.7 Å². The van der Waals surface area contributed by atoms with Crippen LogP contribution in [0.15, 0.2) is 15.6 Å². The molecule has 0 amide bonds. The van der Waals surface area contributed by atoms with Gasteiger partial charge in [0, 0.05) is 19.7 Å². The molecule has 1 aromatic heterocycles. The van der Waals surface area contributed by atoms with Crippen molar-refractivity contribution in [3.8, 4) is 0 Å². The number of piperidine rings is 1. The highest BCUT2D eigenvalue weighted by Crippen LogP contribution is 2.15. The monoisotopic (exact) mass is 321 g/mol. The Labute approximate surface area is 139 Å². The zero-order valence-electron chi connectivity index (χ0n) is 14.8. The molecular formula is C17H31N5O. The van der Waals surface area contributed by atoms with Gasteiger partial charge >= 0.3 is 0 Å². The molecular weight excluding hydrogens is 290 g/mol. The van der Waals surface area contributed by atoms with Crippen molar-refractivity contribution in [3.63, 3.8) is 0 Å². The SMILES string of the molecule is CCc1cc(CNC(=NC)NCCCN2CCC(C)CC2)on1. The van der Waals surface area contributed by atoms with Gasteiger partial charge in [-0.15, -0.1) is 0 Å². The van der Waals surface area contributed by atoms with Gasteiger partial charge in [-0.3, -0.25) is 4.99 Å². The number of likely N-dealkylation sites (tertiary alicyclic amines) is 1. The van der Waals surface area contributed by atoms with E-state index in [1.807, 2.05) is 6.07 Å². The van der Waals surface area contributed by atoms with Gasteiger partial charge in [0.25, 0.3) is 0 Å². The maximum atomic E-state index is 5.26. The zero-order valence-corrected chi connectivity index (χ0v) is 14.8. The Morgan fingerprint density at radius 2 is 2.17 bits per heavy atom. The van der Waals surface area contributed by atoms with Gasteiger partial charge in [-0.05, 0) is 51.2 Å². The van der Waals surface area contributed by atoms with Crippen LogP contribution < -0.4 is 10.6 Å². The van der Waals surface area contributed by atoms with Crippen LogP contribution in [-0.4, -0.2) is 49.2 Å². The van der Waals surface area contributed by atoms with Gasteiger partial charge in [-0.2, -0.15) is 0 Å².